The number of allylic oxidation sites excluding steroid dienone is 1. The molecular formula is C22H27NO7. The highest BCUT2D eigenvalue weighted by Crippen LogP contribution is 2.33. The Labute approximate surface area is 175 Å². The highest BCUT2D eigenvalue weighted by Gasteiger charge is 2.46. The fraction of sp³-hybridized carbons (Fsp3) is 0.455. The van der Waals surface area contributed by atoms with Crippen molar-refractivity contribution in [3.63, 3.8) is 0 Å². The van der Waals surface area contributed by atoms with Crippen LogP contribution in [0.5, 0.6) is 5.75 Å². The number of carbonyl (C=O) groups excluding carboxylic acids is 3. The van der Waals surface area contributed by atoms with Crippen LogP contribution in [0.4, 0.5) is 0 Å². The van der Waals surface area contributed by atoms with E-state index in [1.807, 2.05) is 32.0 Å². The molecule has 0 saturated heterocycles. The van der Waals surface area contributed by atoms with Gasteiger partial charge in [-0.1, -0.05) is 6.07 Å². The molecule has 1 aliphatic heterocycles. The molecule has 0 aromatic heterocycles. The number of methoxy groups -OCH3 is 2. The van der Waals surface area contributed by atoms with Gasteiger partial charge in [0.05, 0.1) is 19.8 Å². The predicted octanol–water partition coefficient (Wildman–Crippen LogP) is 2.55. The van der Waals surface area contributed by atoms with Crippen LogP contribution in [0.15, 0.2) is 34.5 Å². The smallest absolute Gasteiger partial charge is 0.336 e. The van der Waals surface area contributed by atoms with Gasteiger partial charge in [-0.15, -0.1) is 0 Å². The fourth-order valence-corrected chi connectivity index (χ4v) is 3.51. The Morgan fingerprint density at radius 3 is 2.07 bits per heavy atom. The summed E-state index contributed by atoms with van der Waals surface area (Å²) < 4.78 is 20.6. The number of ether oxygens (including phenoxy) is 4. The molecule has 1 aliphatic rings. The van der Waals surface area contributed by atoms with Gasteiger partial charge in [-0.2, -0.15) is 0 Å². The van der Waals surface area contributed by atoms with E-state index in [4.69, 9.17) is 18.9 Å². The zero-order valence-corrected chi connectivity index (χ0v) is 18.1. The largest absolute Gasteiger partial charge is 0.490 e. The van der Waals surface area contributed by atoms with Gasteiger partial charge in [0.15, 0.2) is 0 Å². The van der Waals surface area contributed by atoms with E-state index in [1.165, 1.54) is 14.2 Å². The third-order valence-electron chi connectivity index (χ3n) is 4.73. The summed E-state index contributed by atoms with van der Waals surface area (Å²) in [6.07, 6.45) is 0. The first-order chi connectivity index (χ1) is 14.2. The Morgan fingerprint density at radius 1 is 0.867 bits per heavy atom. The number of rotatable bonds is 7. The molecule has 1 aromatic rings. The summed E-state index contributed by atoms with van der Waals surface area (Å²) in [4.78, 5) is 41.7. The van der Waals surface area contributed by atoms with Crippen molar-refractivity contribution in [3.8, 4) is 5.75 Å². The lowest BCUT2D eigenvalue weighted by Gasteiger charge is -2.29. The molecular weight excluding hydrogens is 390 g/mol. The van der Waals surface area contributed by atoms with Gasteiger partial charge in [-0.05, 0) is 51.0 Å². The second-order valence-corrected chi connectivity index (χ2v) is 7.06. The molecule has 1 unspecified atom stereocenters. The Hall–Kier alpha value is -3.16. The molecule has 0 fully saturated rings. The van der Waals surface area contributed by atoms with E-state index in [0.717, 1.165) is 11.1 Å². The predicted molar refractivity (Wildman–Crippen MR) is 109 cm³/mol. The summed E-state index contributed by atoms with van der Waals surface area (Å²) in [6.45, 7) is 7.16. The molecule has 2 atom stereocenters. The zero-order chi connectivity index (χ0) is 22.4. The molecule has 162 valence electrons. The zero-order valence-electron chi connectivity index (χ0n) is 18.1. The Bertz CT molecular complexity index is 880. The Kier molecular flexibility index (Phi) is 7.74. The third kappa shape index (κ3) is 5.25. The van der Waals surface area contributed by atoms with Crippen molar-refractivity contribution in [1.29, 1.82) is 0 Å². The summed E-state index contributed by atoms with van der Waals surface area (Å²) in [5, 5.41) is 0. The maximum absolute atomic E-state index is 12.9. The number of esters is 3. The minimum Gasteiger partial charge on any atom is -0.490 e. The van der Waals surface area contributed by atoms with E-state index < -0.39 is 29.7 Å². The van der Waals surface area contributed by atoms with Crippen molar-refractivity contribution in [2.45, 2.75) is 27.7 Å². The highest BCUT2D eigenvalue weighted by molar-refractivity contribution is 6.10. The third-order valence-corrected chi connectivity index (χ3v) is 4.73. The van der Waals surface area contributed by atoms with E-state index in [2.05, 4.69) is 4.99 Å². The normalized spacial score (nSPS) is 18.4. The fourth-order valence-electron chi connectivity index (χ4n) is 3.51. The molecule has 0 saturated carbocycles. The van der Waals surface area contributed by atoms with Gasteiger partial charge in [0, 0.05) is 11.4 Å². The van der Waals surface area contributed by atoms with Crippen molar-refractivity contribution in [3.05, 3.63) is 40.6 Å². The van der Waals surface area contributed by atoms with Crippen LogP contribution in [0, 0.1) is 25.7 Å². The van der Waals surface area contributed by atoms with Gasteiger partial charge in [-0.3, -0.25) is 14.6 Å². The summed E-state index contributed by atoms with van der Waals surface area (Å²) in [7, 11) is 2.40. The molecule has 8 heteroatoms. The van der Waals surface area contributed by atoms with Crippen molar-refractivity contribution in [1.82, 2.24) is 0 Å². The molecule has 1 heterocycles. The highest BCUT2D eigenvalue weighted by atomic mass is 16.6. The van der Waals surface area contributed by atoms with Gasteiger partial charge >= 0.3 is 17.9 Å². The molecule has 0 N–H and O–H groups in total. The van der Waals surface area contributed by atoms with Crippen LogP contribution in [0.1, 0.15) is 25.0 Å². The topological polar surface area (TPSA) is 100 Å². The number of hydrogen-bond acceptors (Lipinski definition) is 8. The second-order valence-electron chi connectivity index (χ2n) is 7.06. The molecule has 2 rings (SSSR count). The van der Waals surface area contributed by atoms with Gasteiger partial charge < -0.3 is 18.9 Å². The van der Waals surface area contributed by atoms with Gasteiger partial charge in [0.1, 0.15) is 30.8 Å². The number of hydrogen-bond donors (Lipinski definition) is 0. The van der Waals surface area contributed by atoms with Crippen LogP contribution >= 0.6 is 0 Å². The first kappa shape index (κ1) is 23.1. The Balaban J connectivity index is 2.15. The second kappa shape index (κ2) is 10.0. The van der Waals surface area contributed by atoms with Crippen molar-refractivity contribution >= 4 is 23.6 Å². The maximum Gasteiger partial charge on any atom is 0.336 e. The average molecular weight is 417 g/mol. The first-order valence-corrected chi connectivity index (χ1v) is 9.49. The van der Waals surface area contributed by atoms with Crippen molar-refractivity contribution in [2.75, 3.05) is 27.4 Å². The molecule has 8 nitrogen and oxygen atoms in total. The molecule has 0 bridgehead atoms. The van der Waals surface area contributed by atoms with E-state index in [1.54, 1.807) is 13.8 Å². The lowest BCUT2D eigenvalue weighted by atomic mass is 9.80. The molecule has 30 heavy (non-hydrogen) atoms. The first-order valence-electron chi connectivity index (χ1n) is 9.49. The summed E-state index contributed by atoms with van der Waals surface area (Å²) in [5.41, 5.74) is 2.76. The Morgan fingerprint density at radius 2 is 1.50 bits per heavy atom. The standard InChI is InChI=1S/C22H27NO7/c1-12-9-13(2)11-16(10-12)29-7-8-30-22(26)19-17(20(24)27-5)14(3)23-15(4)18(19)21(25)28-6/h9-11,17,19H,7-8H2,1-6H3/t17?,19-/m1/s1. The quantitative estimate of drug-likeness (QED) is 0.382. The molecule has 0 amide bonds. The van der Waals surface area contributed by atoms with Gasteiger partial charge in [0.2, 0.25) is 0 Å². The number of nitrogens with zero attached hydrogens (tertiary/aromatic N) is 1. The average Bonchev–Trinajstić information content (AvgIpc) is 2.68. The van der Waals surface area contributed by atoms with E-state index in [-0.39, 0.29) is 18.8 Å². The molecule has 0 aliphatic carbocycles. The van der Waals surface area contributed by atoms with Crippen LogP contribution in [-0.4, -0.2) is 51.1 Å². The minimum absolute atomic E-state index is 0.0151. The molecule has 0 radical (unpaired) electrons. The van der Waals surface area contributed by atoms with Crippen molar-refractivity contribution < 1.29 is 33.3 Å². The summed E-state index contributed by atoms with van der Waals surface area (Å²) in [5.74, 6) is -3.78. The number of carbonyl (C=O) groups is 3. The lowest BCUT2D eigenvalue weighted by Crippen LogP contribution is -2.42. The monoisotopic (exact) mass is 417 g/mol. The summed E-state index contributed by atoms with van der Waals surface area (Å²) >= 11 is 0. The van der Waals surface area contributed by atoms with E-state index in [9.17, 15) is 14.4 Å². The molecule has 1 aromatic carbocycles. The van der Waals surface area contributed by atoms with Crippen LogP contribution < -0.4 is 4.74 Å². The number of aliphatic imine (C=N–C) groups is 1. The van der Waals surface area contributed by atoms with E-state index in [0.29, 0.717) is 17.2 Å². The van der Waals surface area contributed by atoms with Crippen LogP contribution in [0.3, 0.4) is 0 Å². The summed E-state index contributed by atoms with van der Waals surface area (Å²) in [6, 6.07) is 5.78. The maximum atomic E-state index is 12.9. The SMILES string of the molecule is COC(=O)C1=C(C)N=C(C)C(C(=O)OC)[C@H]1C(=O)OCCOc1cc(C)cc(C)c1. The minimum atomic E-state index is -1.20. The van der Waals surface area contributed by atoms with Gasteiger partial charge in [-0.25, -0.2) is 4.79 Å². The number of benzene rings is 1. The number of aryl methyl sites for hydroxylation is 2. The lowest BCUT2D eigenvalue weighted by molar-refractivity contribution is -0.157. The van der Waals surface area contributed by atoms with Crippen LogP contribution in [0.2, 0.25) is 0 Å². The molecule has 0 spiro atoms. The van der Waals surface area contributed by atoms with Crippen LogP contribution in [0.25, 0.3) is 0 Å². The van der Waals surface area contributed by atoms with Crippen LogP contribution in [-0.2, 0) is 28.6 Å². The van der Waals surface area contributed by atoms with Crippen molar-refractivity contribution in [2.24, 2.45) is 16.8 Å². The van der Waals surface area contributed by atoms with E-state index >= 15 is 0 Å². The van der Waals surface area contributed by atoms with Gasteiger partial charge in [0.25, 0.3) is 0 Å².